The fraction of sp³-hybridized carbons (Fsp3) is 0.327. The van der Waals surface area contributed by atoms with Crippen molar-refractivity contribution < 1.29 is 5.11 Å². The lowest BCUT2D eigenvalue weighted by molar-refractivity contribution is 0.477. The Labute approximate surface area is 323 Å². The topological polar surface area (TPSA) is 44.5 Å². The molecule has 1 aliphatic heterocycles. The molecule has 0 fully saturated rings. The Balaban J connectivity index is 1.37. The van der Waals surface area contributed by atoms with E-state index in [0.29, 0.717) is 41.8 Å². The summed E-state index contributed by atoms with van der Waals surface area (Å²) in [5, 5.41) is 11.2. The summed E-state index contributed by atoms with van der Waals surface area (Å²) >= 11 is 0. The van der Waals surface area contributed by atoms with Crippen LogP contribution in [0.4, 0.5) is 22.7 Å². The van der Waals surface area contributed by atoms with Gasteiger partial charge < -0.3 is 14.9 Å². The normalized spacial score (nSPS) is 13.0. The third-order valence-electron chi connectivity index (χ3n) is 11.0. The van der Waals surface area contributed by atoms with Crippen LogP contribution in [0.25, 0.3) is 28.3 Å². The number of rotatable bonds is 10. The van der Waals surface area contributed by atoms with Gasteiger partial charge in [-0.05, 0) is 93.8 Å². The van der Waals surface area contributed by atoms with Crippen LogP contribution < -0.4 is 9.80 Å². The fourth-order valence-electron chi connectivity index (χ4n) is 8.02. The molecule has 5 aromatic carbocycles. The maximum absolute atomic E-state index is 11.2. The minimum atomic E-state index is 0.217. The van der Waals surface area contributed by atoms with Crippen molar-refractivity contribution in [3.63, 3.8) is 0 Å². The minimum Gasteiger partial charge on any atom is -0.507 e. The number of phenols is 1. The number of benzene rings is 5. The Bertz CT molecular complexity index is 2240. The third kappa shape index (κ3) is 6.70. The predicted octanol–water partition coefficient (Wildman–Crippen LogP) is 13.8. The smallest absolute Gasteiger partial charge is 0.148 e. The molecule has 1 N–H and O–H groups in total. The summed E-state index contributed by atoms with van der Waals surface area (Å²) in [6, 6.07) is 36.6. The van der Waals surface area contributed by atoms with Crippen LogP contribution in [-0.4, -0.2) is 21.3 Å². The summed E-state index contributed by atoms with van der Waals surface area (Å²) in [5.74, 6) is 2.78. The van der Waals surface area contributed by atoms with Crippen molar-refractivity contribution in [2.75, 3.05) is 16.5 Å². The van der Waals surface area contributed by atoms with Gasteiger partial charge >= 0.3 is 0 Å². The Hall–Kier alpha value is -5.29. The van der Waals surface area contributed by atoms with Crippen LogP contribution in [0.1, 0.15) is 127 Å². The third-order valence-corrected chi connectivity index (χ3v) is 11.0. The van der Waals surface area contributed by atoms with E-state index in [1.165, 1.54) is 44.9 Å². The fourth-order valence-corrected chi connectivity index (χ4v) is 8.02. The Morgan fingerprint density at radius 2 is 1.09 bits per heavy atom. The van der Waals surface area contributed by atoms with E-state index in [0.717, 1.165) is 28.5 Å². The number of para-hydroxylation sites is 4. The highest BCUT2D eigenvalue weighted by Gasteiger charge is 2.32. The Morgan fingerprint density at radius 3 is 1.67 bits per heavy atom. The molecule has 1 aromatic heterocycles. The first-order valence-corrected chi connectivity index (χ1v) is 19.8. The van der Waals surface area contributed by atoms with Crippen molar-refractivity contribution in [2.45, 2.75) is 98.8 Å². The number of aromatic nitrogens is 2. The van der Waals surface area contributed by atoms with Crippen molar-refractivity contribution in [3.8, 4) is 34.1 Å². The molecule has 54 heavy (non-hydrogen) atoms. The van der Waals surface area contributed by atoms with Crippen LogP contribution in [-0.2, 0) is 0 Å². The zero-order valence-corrected chi connectivity index (χ0v) is 33.7. The molecule has 2 heterocycles. The molecule has 7 rings (SSSR count). The van der Waals surface area contributed by atoms with E-state index in [4.69, 9.17) is 4.98 Å². The Morgan fingerprint density at radius 1 is 0.537 bits per heavy atom. The standard InChI is InChI=1S/C49H56N4O/c1-30(2)36-26-41(33(7)8)48(42(27-36)34(9)10)53-29-52(44-22-12-13-23-45(44)53)37-18-15-17-35(25-37)43-28-51(49(50-43)40-19-11-14-24-46(40)54)47-38(31(3)4)20-16-21-39(47)32(5)6/h11-28,30-34,54H,29H2,1-10H3. The van der Waals surface area contributed by atoms with Crippen molar-refractivity contribution in [3.05, 3.63) is 137 Å². The van der Waals surface area contributed by atoms with Gasteiger partial charge in [0.05, 0.1) is 28.3 Å². The number of fused-ring (bicyclic) bond motifs is 1. The Kier molecular flexibility index (Phi) is 10.2. The van der Waals surface area contributed by atoms with Gasteiger partial charge in [-0.15, -0.1) is 0 Å². The maximum atomic E-state index is 11.2. The SMILES string of the molecule is CC(C)c1cc(C(C)C)c(N2CN(c3cccc(-c4cn(-c5c(C(C)C)cccc5C(C)C)c(-c5ccccc5O)n4)c3)c3ccccc32)c(C(C)C)c1. The molecule has 0 amide bonds. The summed E-state index contributed by atoms with van der Waals surface area (Å²) in [5.41, 5.74) is 15.3. The van der Waals surface area contributed by atoms with Crippen molar-refractivity contribution in [1.82, 2.24) is 9.55 Å². The minimum absolute atomic E-state index is 0.217. The van der Waals surface area contributed by atoms with Gasteiger partial charge in [0.25, 0.3) is 0 Å². The van der Waals surface area contributed by atoms with Gasteiger partial charge in [0.2, 0.25) is 0 Å². The zero-order valence-electron chi connectivity index (χ0n) is 33.7. The molecule has 6 aromatic rings. The van der Waals surface area contributed by atoms with Gasteiger partial charge in [-0.25, -0.2) is 4.98 Å². The number of anilines is 4. The number of hydrogen-bond acceptors (Lipinski definition) is 4. The zero-order chi connectivity index (χ0) is 38.4. The van der Waals surface area contributed by atoms with Gasteiger partial charge in [0, 0.05) is 23.1 Å². The quantitative estimate of drug-likeness (QED) is 0.153. The molecule has 0 saturated carbocycles. The van der Waals surface area contributed by atoms with Crippen LogP contribution in [0.5, 0.6) is 5.75 Å². The highest BCUT2D eigenvalue weighted by atomic mass is 16.3. The highest BCUT2D eigenvalue weighted by molar-refractivity contribution is 5.89. The van der Waals surface area contributed by atoms with Crippen molar-refractivity contribution in [1.29, 1.82) is 0 Å². The monoisotopic (exact) mass is 716 g/mol. The van der Waals surface area contributed by atoms with Crippen LogP contribution in [0.3, 0.4) is 0 Å². The van der Waals surface area contributed by atoms with Crippen LogP contribution in [0.2, 0.25) is 0 Å². The maximum Gasteiger partial charge on any atom is 0.148 e. The number of aromatic hydroxyl groups is 1. The van der Waals surface area contributed by atoms with E-state index < -0.39 is 0 Å². The molecule has 0 spiro atoms. The number of hydrogen-bond donors (Lipinski definition) is 1. The van der Waals surface area contributed by atoms with Crippen LogP contribution in [0.15, 0.2) is 109 Å². The van der Waals surface area contributed by atoms with Crippen LogP contribution in [0, 0.1) is 0 Å². The second-order valence-corrected chi connectivity index (χ2v) is 16.5. The molecule has 278 valence electrons. The van der Waals surface area contributed by atoms with E-state index in [-0.39, 0.29) is 5.75 Å². The summed E-state index contributed by atoms with van der Waals surface area (Å²) in [7, 11) is 0. The van der Waals surface area contributed by atoms with Gasteiger partial charge in [0.1, 0.15) is 18.2 Å². The van der Waals surface area contributed by atoms with Crippen molar-refractivity contribution in [2.24, 2.45) is 0 Å². The first-order chi connectivity index (χ1) is 25.8. The lowest BCUT2D eigenvalue weighted by Gasteiger charge is -2.30. The molecule has 0 bridgehead atoms. The van der Waals surface area contributed by atoms with E-state index in [1.54, 1.807) is 6.07 Å². The molecule has 0 unspecified atom stereocenters. The number of phenolic OH excluding ortho intramolecular Hbond substituents is 1. The predicted molar refractivity (Wildman–Crippen MR) is 229 cm³/mol. The molecule has 0 saturated heterocycles. The van der Waals surface area contributed by atoms with Gasteiger partial charge in [-0.2, -0.15) is 0 Å². The highest BCUT2D eigenvalue weighted by Crippen LogP contribution is 2.49. The summed E-state index contributed by atoms with van der Waals surface area (Å²) < 4.78 is 2.22. The molecule has 0 radical (unpaired) electrons. The molecule has 5 heteroatoms. The number of nitrogens with zero attached hydrogens (tertiary/aromatic N) is 4. The molecule has 1 aliphatic rings. The van der Waals surface area contributed by atoms with Gasteiger partial charge in [0.15, 0.2) is 0 Å². The average molecular weight is 717 g/mol. The summed E-state index contributed by atoms with van der Waals surface area (Å²) in [4.78, 5) is 10.3. The van der Waals surface area contributed by atoms with Crippen molar-refractivity contribution >= 4 is 22.7 Å². The number of imidazole rings is 1. The first kappa shape index (κ1) is 37.0. The second kappa shape index (κ2) is 14.9. The first-order valence-electron chi connectivity index (χ1n) is 19.8. The average Bonchev–Trinajstić information content (AvgIpc) is 3.77. The largest absolute Gasteiger partial charge is 0.507 e. The molecular formula is C49H56N4O. The molecule has 0 aliphatic carbocycles. The van der Waals surface area contributed by atoms with E-state index in [9.17, 15) is 5.11 Å². The van der Waals surface area contributed by atoms with Crippen LogP contribution >= 0.6 is 0 Å². The lowest BCUT2D eigenvalue weighted by Crippen LogP contribution is -2.26. The molecular weight excluding hydrogens is 661 g/mol. The second-order valence-electron chi connectivity index (χ2n) is 16.5. The van der Waals surface area contributed by atoms with E-state index >= 15 is 0 Å². The van der Waals surface area contributed by atoms with Gasteiger partial charge in [-0.3, -0.25) is 4.57 Å². The van der Waals surface area contributed by atoms with E-state index in [2.05, 4.69) is 169 Å². The lowest BCUT2D eigenvalue weighted by atomic mass is 9.87. The molecule has 0 atom stereocenters. The summed E-state index contributed by atoms with van der Waals surface area (Å²) in [6.07, 6.45) is 2.16. The van der Waals surface area contributed by atoms with E-state index in [1.807, 2.05) is 18.2 Å². The summed E-state index contributed by atoms with van der Waals surface area (Å²) in [6.45, 7) is 23.6. The van der Waals surface area contributed by atoms with Gasteiger partial charge in [-0.1, -0.05) is 136 Å². The molecule has 5 nitrogen and oxygen atoms in total.